The van der Waals surface area contributed by atoms with Crippen LogP contribution >= 0.6 is 0 Å². The third-order valence-corrected chi connectivity index (χ3v) is 3.97. The molecule has 92 valence electrons. The summed E-state index contributed by atoms with van der Waals surface area (Å²) in [7, 11) is 1.70. The van der Waals surface area contributed by atoms with E-state index < -0.39 is 0 Å². The van der Waals surface area contributed by atoms with Crippen molar-refractivity contribution >= 4 is 0 Å². The van der Waals surface area contributed by atoms with Crippen molar-refractivity contribution in [2.75, 3.05) is 20.2 Å². The molecule has 0 bridgehead atoms. The fourth-order valence-electron chi connectivity index (χ4n) is 2.84. The molecule has 2 aliphatic rings. The van der Waals surface area contributed by atoms with Crippen molar-refractivity contribution in [1.29, 1.82) is 0 Å². The number of nitrogens with one attached hydrogen (secondary N) is 1. The van der Waals surface area contributed by atoms with Crippen LogP contribution in [0.1, 0.15) is 24.8 Å². The quantitative estimate of drug-likeness (QED) is 0.806. The number of hydrogen-bond acceptors (Lipinski definition) is 3. The molecule has 1 aromatic rings. The van der Waals surface area contributed by atoms with Gasteiger partial charge in [-0.3, -0.25) is 0 Å². The molecule has 3 rings (SSSR count). The zero-order valence-electron chi connectivity index (χ0n) is 10.3. The fourth-order valence-corrected chi connectivity index (χ4v) is 2.84. The number of hydrogen-bond donors (Lipinski definition) is 1. The molecule has 0 atom stereocenters. The molecule has 1 saturated heterocycles. The summed E-state index contributed by atoms with van der Waals surface area (Å²) in [5.74, 6) is 1.91. The Balaban J connectivity index is 1.87. The smallest absolute Gasteiger partial charge is 0.127 e. The maximum atomic E-state index is 6.28. The molecule has 0 unspecified atom stereocenters. The van der Waals surface area contributed by atoms with Crippen LogP contribution in [0.5, 0.6) is 11.5 Å². The number of methoxy groups -OCH3 is 1. The van der Waals surface area contributed by atoms with E-state index >= 15 is 0 Å². The summed E-state index contributed by atoms with van der Waals surface area (Å²) in [6.45, 7) is 2.14. The molecule has 3 nitrogen and oxygen atoms in total. The number of fused-ring (bicyclic) bond motifs is 1. The first-order chi connectivity index (χ1) is 8.31. The predicted molar refractivity (Wildman–Crippen MR) is 66.8 cm³/mol. The molecule has 1 fully saturated rings. The summed E-state index contributed by atoms with van der Waals surface area (Å²) < 4.78 is 11.5. The van der Waals surface area contributed by atoms with E-state index in [1.165, 1.54) is 5.56 Å². The largest absolute Gasteiger partial charge is 0.497 e. The molecule has 0 aliphatic carbocycles. The van der Waals surface area contributed by atoms with E-state index in [4.69, 9.17) is 9.47 Å². The van der Waals surface area contributed by atoms with E-state index in [9.17, 15) is 0 Å². The van der Waals surface area contributed by atoms with Gasteiger partial charge in [0.2, 0.25) is 0 Å². The van der Waals surface area contributed by atoms with E-state index in [0.29, 0.717) is 0 Å². The average molecular weight is 233 g/mol. The molecule has 0 radical (unpaired) electrons. The van der Waals surface area contributed by atoms with E-state index in [2.05, 4.69) is 11.4 Å². The molecule has 1 aromatic carbocycles. The Kier molecular flexibility index (Phi) is 2.71. The Hall–Kier alpha value is -1.22. The van der Waals surface area contributed by atoms with Crippen LogP contribution in [0.2, 0.25) is 0 Å². The zero-order valence-corrected chi connectivity index (χ0v) is 10.3. The van der Waals surface area contributed by atoms with Crippen molar-refractivity contribution in [3.8, 4) is 11.5 Å². The summed E-state index contributed by atoms with van der Waals surface area (Å²) in [4.78, 5) is 0. The van der Waals surface area contributed by atoms with Crippen molar-refractivity contribution < 1.29 is 9.47 Å². The highest BCUT2D eigenvalue weighted by molar-refractivity contribution is 5.42. The van der Waals surface area contributed by atoms with Gasteiger partial charge in [-0.15, -0.1) is 0 Å². The molecule has 2 heterocycles. The van der Waals surface area contributed by atoms with Gasteiger partial charge in [0, 0.05) is 6.07 Å². The highest BCUT2D eigenvalue weighted by atomic mass is 16.5. The topological polar surface area (TPSA) is 30.5 Å². The maximum absolute atomic E-state index is 6.28. The Morgan fingerprint density at radius 2 is 2.06 bits per heavy atom. The van der Waals surface area contributed by atoms with Gasteiger partial charge >= 0.3 is 0 Å². The standard InChI is InChI=1S/C14H19NO2/c1-16-12-3-2-11-4-5-14(17-13(11)10-12)6-8-15-9-7-14/h2-3,10,15H,4-9H2,1H3. The minimum Gasteiger partial charge on any atom is -0.497 e. The summed E-state index contributed by atoms with van der Waals surface area (Å²) >= 11 is 0. The first kappa shape index (κ1) is 10.9. The van der Waals surface area contributed by atoms with Crippen LogP contribution in [0.25, 0.3) is 0 Å². The summed E-state index contributed by atoms with van der Waals surface area (Å²) in [6.07, 6.45) is 4.50. The second-order valence-electron chi connectivity index (χ2n) is 5.01. The number of benzene rings is 1. The molecule has 2 aliphatic heterocycles. The van der Waals surface area contributed by atoms with Gasteiger partial charge in [0.15, 0.2) is 0 Å². The fraction of sp³-hybridized carbons (Fsp3) is 0.571. The Labute approximate surface area is 102 Å². The minimum absolute atomic E-state index is 0.0740. The SMILES string of the molecule is COc1ccc2c(c1)OC1(CCNCC1)CC2. The monoisotopic (exact) mass is 233 g/mol. The van der Waals surface area contributed by atoms with E-state index in [0.717, 1.165) is 50.3 Å². The van der Waals surface area contributed by atoms with Gasteiger partial charge in [-0.2, -0.15) is 0 Å². The molecular weight excluding hydrogens is 214 g/mol. The van der Waals surface area contributed by atoms with E-state index in [1.54, 1.807) is 7.11 Å². The molecule has 0 saturated carbocycles. The second-order valence-corrected chi connectivity index (χ2v) is 5.01. The Bertz CT molecular complexity index is 411. The van der Waals surface area contributed by atoms with Gasteiger partial charge in [-0.1, -0.05) is 6.07 Å². The van der Waals surface area contributed by atoms with Gasteiger partial charge < -0.3 is 14.8 Å². The molecule has 1 N–H and O–H groups in total. The molecule has 0 amide bonds. The zero-order chi connectivity index (χ0) is 11.7. The van der Waals surface area contributed by atoms with Crippen molar-refractivity contribution in [2.24, 2.45) is 0 Å². The second kappa shape index (κ2) is 4.22. The third-order valence-electron chi connectivity index (χ3n) is 3.97. The van der Waals surface area contributed by atoms with Gasteiger partial charge in [0.05, 0.1) is 7.11 Å². The first-order valence-corrected chi connectivity index (χ1v) is 6.38. The molecule has 17 heavy (non-hydrogen) atoms. The molecule has 3 heteroatoms. The minimum atomic E-state index is 0.0740. The highest BCUT2D eigenvalue weighted by Gasteiger charge is 2.37. The van der Waals surface area contributed by atoms with Crippen LogP contribution in [-0.4, -0.2) is 25.8 Å². The lowest BCUT2D eigenvalue weighted by atomic mass is 9.84. The van der Waals surface area contributed by atoms with Crippen LogP contribution in [0.15, 0.2) is 18.2 Å². The number of piperidine rings is 1. The van der Waals surface area contributed by atoms with Crippen LogP contribution in [0, 0.1) is 0 Å². The Morgan fingerprint density at radius 3 is 2.82 bits per heavy atom. The highest BCUT2D eigenvalue weighted by Crippen LogP contribution is 2.39. The lowest BCUT2D eigenvalue weighted by molar-refractivity contribution is 0.0168. The average Bonchev–Trinajstić information content (AvgIpc) is 2.39. The van der Waals surface area contributed by atoms with Crippen molar-refractivity contribution in [3.05, 3.63) is 23.8 Å². The van der Waals surface area contributed by atoms with Crippen LogP contribution < -0.4 is 14.8 Å². The van der Waals surface area contributed by atoms with Crippen molar-refractivity contribution in [2.45, 2.75) is 31.3 Å². The maximum Gasteiger partial charge on any atom is 0.127 e. The normalized spacial score (nSPS) is 21.7. The van der Waals surface area contributed by atoms with E-state index in [1.807, 2.05) is 12.1 Å². The van der Waals surface area contributed by atoms with Crippen molar-refractivity contribution in [1.82, 2.24) is 5.32 Å². The molecule has 0 aromatic heterocycles. The van der Waals surface area contributed by atoms with Crippen molar-refractivity contribution in [3.63, 3.8) is 0 Å². The van der Waals surface area contributed by atoms with Crippen LogP contribution in [-0.2, 0) is 6.42 Å². The molecular formula is C14H19NO2. The summed E-state index contributed by atoms with van der Waals surface area (Å²) in [6, 6.07) is 6.17. The first-order valence-electron chi connectivity index (χ1n) is 6.38. The number of aryl methyl sites for hydroxylation is 1. The van der Waals surface area contributed by atoms with Gasteiger partial charge in [-0.25, -0.2) is 0 Å². The van der Waals surface area contributed by atoms with Gasteiger partial charge in [0.1, 0.15) is 17.1 Å². The number of ether oxygens (including phenoxy) is 2. The summed E-state index contributed by atoms with van der Waals surface area (Å²) in [5, 5.41) is 3.40. The molecule has 1 spiro atoms. The van der Waals surface area contributed by atoms with Crippen LogP contribution in [0.3, 0.4) is 0 Å². The third kappa shape index (κ3) is 2.00. The Morgan fingerprint density at radius 1 is 1.24 bits per heavy atom. The lowest BCUT2D eigenvalue weighted by Gasteiger charge is -2.41. The summed E-state index contributed by atoms with van der Waals surface area (Å²) in [5.41, 5.74) is 1.39. The predicted octanol–water partition coefficient (Wildman–Crippen LogP) is 2.14. The van der Waals surface area contributed by atoms with E-state index in [-0.39, 0.29) is 5.60 Å². The van der Waals surface area contributed by atoms with Crippen LogP contribution in [0.4, 0.5) is 0 Å². The number of rotatable bonds is 1. The van der Waals surface area contributed by atoms with Gasteiger partial charge in [0.25, 0.3) is 0 Å². The lowest BCUT2D eigenvalue weighted by Crippen LogP contribution is -2.48. The van der Waals surface area contributed by atoms with Gasteiger partial charge in [-0.05, 0) is 50.4 Å².